The Hall–Kier alpha value is -0.350. The van der Waals surface area contributed by atoms with Gasteiger partial charge in [-0.3, -0.25) is 0 Å². The molecule has 12 heavy (non-hydrogen) atoms. The van der Waals surface area contributed by atoms with E-state index in [2.05, 4.69) is 10.1 Å². The highest BCUT2D eigenvalue weighted by atomic mass is 16.5. The summed E-state index contributed by atoms with van der Waals surface area (Å²) in [7, 11) is 1.79. The van der Waals surface area contributed by atoms with Crippen molar-refractivity contribution >= 4 is 14.5 Å². The van der Waals surface area contributed by atoms with E-state index in [4.69, 9.17) is 9.31 Å². The van der Waals surface area contributed by atoms with Crippen molar-refractivity contribution in [1.29, 1.82) is 0 Å². The third kappa shape index (κ3) is 2.08. The normalized spacial score (nSPS) is 30.0. The molecule has 0 N–H and O–H groups in total. The summed E-state index contributed by atoms with van der Waals surface area (Å²) in [6.07, 6.45) is 3.99. The fourth-order valence-electron chi connectivity index (χ4n) is 1.34. The third-order valence-corrected chi connectivity index (χ3v) is 2.01. The summed E-state index contributed by atoms with van der Waals surface area (Å²) in [5.74, 6) is 0. The van der Waals surface area contributed by atoms with Crippen LogP contribution in [0.4, 0.5) is 0 Å². The van der Waals surface area contributed by atoms with Gasteiger partial charge in [0.1, 0.15) is 0 Å². The zero-order valence-corrected chi connectivity index (χ0v) is 6.98. The van der Waals surface area contributed by atoms with E-state index in [1.807, 2.05) is 0 Å². The van der Waals surface area contributed by atoms with Crippen molar-refractivity contribution in [2.45, 2.75) is 31.7 Å². The lowest BCUT2D eigenvalue weighted by Gasteiger charge is -2.02. The molecule has 0 aliphatic carbocycles. The van der Waals surface area contributed by atoms with Gasteiger partial charge in [0.25, 0.3) is 7.48 Å². The van der Waals surface area contributed by atoms with Gasteiger partial charge in [-0.05, 0) is 25.5 Å². The molecule has 2 heterocycles. The molecule has 2 fully saturated rings. The first-order chi connectivity index (χ1) is 5.95. The van der Waals surface area contributed by atoms with Gasteiger partial charge in [-0.25, -0.2) is 5.03 Å². The van der Waals surface area contributed by atoms with Gasteiger partial charge in [0.05, 0.1) is 0 Å². The van der Waals surface area contributed by atoms with Crippen molar-refractivity contribution in [3.05, 3.63) is 0 Å². The van der Waals surface area contributed by atoms with Crippen LogP contribution in [-0.2, 0) is 9.31 Å². The lowest BCUT2D eigenvalue weighted by atomic mass is 9.82. The average Bonchev–Trinajstić information content (AvgIpc) is 2.74. The van der Waals surface area contributed by atoms with Crippen molar-refractivity contribution in [1.82, 2.24) is 0 Å². The van der Waals surface area contributed by atoms with Gasteiger partial charge in [-0.15, -0.1) is 0 Å². The maximum absolute atomic E-state index is 5.29. The zero-order valence-electron chi connectivity index (χ0n) is 6.98. The van der Waals surface area contributed by atoms with Gasteiger partial charge in [-0.2, -0.15) is 5.11 Å². The van der Waals surface area contributed by atoms with E-state index in [1.54, 1.807) is 7.48 Å². The Morgan fingerprint density at radius 3 is 3.17 bits per heavy atom. The summed E-state index contributed by atoms with van der Waals surface area (Å²) >= 11 is 0. The summed E-state index contributed by atoms with van der Waals surface area (Å²) in [5.41, 5.74) is 0. The molecule has 1 atom stereocenters. The predicted molar refractivity (Wildman–Crippen MR) is 46.0 cm³/mol. The van der Waals surface area contributed by atoms with Crippen molar-refractivity contribution < 1.29 is 9.31 Å². The Morgan fingerprint density at radius 1 is 1.50 bits per heavy atom. The molecule has 0 saturated carbocycles. The topological polar surface area (TPSA) is 43.2 Å². The maximum atomic E-state index is 5.29. The van der Waals surface area contributed by atoms with Crippen molar-refractivity contribution in [2.24, 2.45) is 10.1 Å². The zero-order chi connectivity index (χ0) is 8.23. The maximum Gasteiger partial charge on any atom is 0.456 e. The van der Waals surface area contributed by atoms with Crippen LogP contribution in [0.3, 0.4) is 0 Å². The highest BCUT2D eigenvalue weighted by Gasteiger charge is 2.23. The van der Waals surface area contributed by atoms with E-state index in [-0.39, 0.29) is 13.3 Å². The predicted octanol–water partition coefficient (Wildman–Crippen LogP) is 1.13. The fraction of sp³-hybridized carbons (Fsp3) is 1.00. The van der Waals surface area contributed by atoms with E-state index in [1.165, 1.54) is 0 Å². The fourth-order valence-corrected chi connectivity index (χ4v) is 1.34. The molecule has 0 spiro atoms. The van der Waals surface area contributed by atoms with Gasteiger partial charge in [0.15, 0.2) is 6.23 Å². The highest BCUT2D eigenvalue weighted by molar-refractivity contribution is 6.50. The van der Waals surface area contributed by atoms with E-state index in [0.717, 1.165) is 32.1 Å². The summed E-state index contributed by atoms with van der Waals surface area (Å²) in [6, 6.07) is 0. The number of hydrogen-bond donors (Lipinski definition) is 0. The molecule has 1 radical (unpaired) electrons. The van der Waals surface area contributed by atoms with Crippen LogP contribution in [-0.4, -0.2) is 27.4 Å². The third-order valence-electron chi connectivity index (χ3n) is 2.01. The van der Waals surface area contributed by atoms with Gasteiger partial charge >= 0.3 is 7.05 Å². The SMILES string of the molecule is [B]1CCC(N=NB2CCCO2)O1. The Balaban J connectivity index is 1.75. The quantitative estimate of drug-likeness (QED) is 0.454. The minimum atomic E-state index is -0.0470. The second-order valence-electron chi connectivity index (χ2n) is 3.03. The molecular formula is C6H11B2N2O2. The molecule has 6 heteroatoms. The molecule has 0 aromatic carbocycles. The van der Waals surface area contributed by atoms with Crippen LogP contribution >= 0.6 is 0 Å². The Kier molecular flexibility index (Phi) is 2.79. The molecule has 0 amide bonds. The van der Waals surface area contributed by atoms with E-state index >= 15 is 0 Å². The summed E-state index contributed by atoms with van der Waals surface area (Å²) in [4.78, 5) is 0. The van der Waals surface area contributed by atoms with Crippen LogP contribution in [0.15, 0.2) is 10.1 Å². The smallest absolute Gasteiger partial charge is 0.419 e. The van der Waals surface area contributed by atoms with Gasteiger partial charge in [0.2, 0.25) is 0 Å². The first kappa shape index (κ1) is 8.26. The first-order valence-electron chi connectivity index (χ1n) is 4.44. The van der Waals surface area contributed by atoms with Crippen LogP contribution in [0.2, 0.25) is 12.6 Å². The van der Waals surface area contributed by atoms with Crippen LogP contribution in [0.1, 0.15) is 12.8 Å². The molecular weight excluding hydrogens is 154 g/mol. The van der Waals surface area contributed by atoms with Crippen LogP contribution in [0.25, 0.3) is 0 Å². The number of hydrogen-bond acceptors (Lipinski definition) is 4. The second kappa shape index (κ2) is 4.05. The van der Waals surface area contributed by atoms with Gasteiger partial charge in [0, 0.05) is 6.61 Å². The molecule has 2 aliphatic rings. The van der Waals surface area contributed by atoms with Gasteiger partial charge < -0.3 is 9.31 Å². The minimum absolute atomic E-state index is 0.00537. The Bertz CT molecular complexity index is 149. The highest BCUT2D eigenvalue weighted by Crippen LogP contribution is 2.15. The first-order valence-corrected chi connectivity index (χ1v) is 4.44. The molecule has 1 unspecified atom stereocenters. The van der Waals surface area contributed by atoms with Crippen LogP contribution in [0, 0.1) is 0 Å². The summed E-state index contributed by atoms with van der Waals surface area (Å²) in [5, 5.41) is 8.11. The summed E-state index contributed by atoms with van der Waals surface area (Å²) < 4.78 is 10.5. The molecule has 0 bridgehead atoms. The molecule has 0 aromatic rings. The average molecular weight is 165 g/mol. The van der Waals surface area contributed by atoms with E-state index in [0.29, 0.717) is 0 Å². The largest absolute Gasteiger partial charge is 0.456 e. The van der Waals surface area contributed by atoms with E-state index < -0.39 is 0 Å². The summed E-state index contributed by atoms with van der Waals surface area (Å²) in [6.45, 7) is 0.821. The number of nitrogens with zero attached hydrogens (tertiary/aromatic N) is 2. The monoisotopic (exact) mass is 165 g/mol. The van der Waals surface area contributed by atoms with Gasteiger partial charge in [-0.1, -0.05) is 0 Å². The number of rotatable bonds is 2. The molecule has 63 valence electrons. The lowest BCUT2D eigenvalue weighted by molar-refractivity contribution is 0.242. The molecule has 0 aromatic heterocycles. The van der Waals surface area contributed by atoms with Crippen LogP contribution in [0.5, 0.6) is 0 Å². The molecule has 2 rings (SSSR count). The lowest BCUT2D eigenvalue weighted by Crippen LogP contribution is -2.08. The van der Waals surface area contributed by atoms with E-state index in [9.17, 15) is 0 Å². The second-order valence-corrected chi connectivity index (χ2v) is 3.03. The minimum Gasteiger partial charge on any atom is -0.419 e. The van der Waals surface area contributed by atoms with Crippen molar-refractivity contribution in [3.63, 3.8) is 0 Å². The Labute approximate surface area is 73.1 Å². The molecule has 4 nitrogen and oxygen atoms in total. The van der Waals surface area contributed by atoms with Crippen molar-refractivity contribution in [2.75, 3.05) is 6.61 Å². The Morgan fingerprint density at radius 2 is 2.50 bits per heavy atom. The van der Waals surface area contributed by atoms with Crippen LogP contribution < -0.4 is 0 Å². The molecule has 2 aliphatic heterocycles. The standard InChI is InChI=1S/C6H11B2N2O2/c1-4-8(11-5-1)10-9-6-2-3-7-12-6/h6H,1-5H2. The molecule has 2 saturated heterocycles. The van der Waals surface area contributed by atoms with Crippen molar-refractivity contribution in [3.8, 4) is 0 Å².